The maximum atomic E-state index is 8.53. The van der Waals surface area contributed by atoms with Crippen LogP contribution in [0.2, 0.25) is 0 Å². The average Bonchev–Trinajstić information content (AvgIpc) is 2.81. The van der Waals surface area contributed by atoms with Gasteiger partial charge < -0.3 is 13.9 Å². The molecule has 1 aliphatic rings. The molecule has 0 unspecified atom stereocenters. The Hall–Kier alpha value is -2.41. The molecule has 0 saturated carbocycles. The van der Waals surface area contributed by atoms with Gasteiger partial charge in [0.15, 0.2) is 17.3 Å². The fourth-order valence-electron chi connectivity index (χ4n) is 2.46. The summed E-state index contributed by atoms with van der Waals surface area (Å²) in [5, 5.41) is 8.53. The third kappa shape index (κ3) is 2.73. The summed E-state index contributed by atoms with van der Waals surface area (Å²) >= 11 is 0. The number of ether oxygens (including phenoxy) is 2. The van der Waals surface area contributed by atoms with Gasteiger partial charge in [-0.2, -0.15) is 5.26 Å². The van der Waals surface area contributed by atoms with E-state index in [1.54, 1.807) is 0 Å². The number of unbranched alkanes of at least 4 members (excludes halogenated alkanes) is 3. The van der Waals surface area contributed by atoms with Crippen molar-refractivity contribution in [1.29, 1.82) is 5.26 Å². The summed E-state index contributed by atoms with van der Waals surface area (Å²) in [5.74, 6) is 4.39. The number of benzene rings is 1. The number of hydrogen-bond acceptors (Lipinski definition) is 4. The molecule has 1 aliphatic heterocycles. The lowest BCUT2D eigenvalue weighted by atomic mass is 10.1. The van der Waals surface area contributed by atoms with E-state index < -0.39 is 0 Å². The van der Waals surface area contributed by atoms with Crippen LogP contribution in [0.4, 0.5) is 0 Å². The van der Waals surface area contributed by atoms with Gasteiger partial charge in [0.1, 0.15) is 5.76 Å². The van der Waals surface area contributed by atoms with Crippen LogP contribution in [-0.2, 0) is 6.42 Å². The number of nitriles is 1. The van der Waals surface area contributed by atoms with Gasteiger partial charge in [-0.1, -0.05) is 18.6 Å². The fraction of sp³-hybridized carbons (Fsp3) is 0.353. The summed E-state index contributed by atoms with van der Waals surface area (Å²) in [4.78, 5) is 0. The van der Waals surface area contributed by atoms with Crippen LogP contribution in [0, 0.1) is 18.3 Å². The zero-order valence-corrected chi connectivity index (χ0v) is 12.0. The van der Waals surface area contributed by atoms with E-state index in [4.69, 9.17) is 19.2 Å². The van der Waals surface area contributed by atoms with Crippen molar-refractivity contribution in [3.63, 3.8) is 0 Å². The van der Waals surface area contributed by atoms with Crippen molar-refractivity contribution in [3.8, 4) is 29.1 Å². The van der Waals surface area contributed by atoms with Gasteiger partial charge in [0, 0.05) is 12.8 Å². The van der Waals surface area contributed by atoms with Gasteiger partial charge in [-0.25, -0.2) is 0 Å². The lowest BCUT2D eigenvalue weighted by Gasteiger charge is -2.17. The monoisotopic (exact) mass is 283 g/mol. The molecule has 108 valence electrons. The second-order valence-electron chi connectivity index (χ2n) is 5.11. The van der Waals surface area contributed by atoms with Crippen molar-refractivity contribution in [1.82, 2.24) is 0 Å². The molecule has 0 spiro atoms. The second-order valence-corrected chi connectivity index (χ2v) is 5.11. The third-order valence-corrected chi connectivity index (χ3v) is 3.52. The number of fused-ring (bicyclic) bond motifs is 2. The van der Waals surface area contributed by atoms with Gasteiger partial charge in [0.25, 0.3) is 0 Å². The Morgan fingerprint density at radius 2 is 1.71 bits per heavy atom. The van der Waals surface area contributed by atoms with Crippen LogP contribution >= 0.6 is 0 Å². The summed E-state index contributed by atoms with van der Waals surface area (Å²) in [7, 11) is 0. The summed E-state index contributed by atoms with van der Waals surface area (Å²) in [6.45, 7) is 1.88. The Kier molecular flexibility index (Phi) is 3.83. The van der Waals surface area contributed by atoms with Gasteiger partial charge in [-0.05, 0) is 31.9 Å². The molecule has 21 heavy (non-hydrogen) atoms. The normalized spacial score (nSPS) is 11.8. The van der Waals surface area contributed by atoms with Crippen molar-refractivity contribution in [2.45, 2.75) is 39.0 Å². The average molecular weight is 283 g/mol. The largest absolute Gasteiger partial charge is 0.458 e. The van der Waals surface area contributed by atoms with Crippen molar-refractivity contribution in [3.05, 3.63) is 35.8 Å². The molecule has 0 radical (unpaired) electrons. The molecule has 0 saturated heterocycles. The van der Waals surface area contributed by atoms with Gasteiger partial charge >= 0.3 is 0 Å². The standard InChI is InChI=1S/C17H17NO3/c1-12-16-17(15(19-12)10-4-2-3-7-11-18)21-14-9-6-5-8-13(14)20-16/h5-6,8-9H,2-4,7,10H2,1H3. The predicted octanol–water partition coefficient (Wildman–Crippen LogP) is 5.11. The highest BCUT2D eigenvalue weighted by atomic mass is 16.6. The summed E-state index contributed by atoms with van der Waals surface area (Å²) < 4.78 is 17.6. The van der Waals surface area contributed by atoms with E-state index in [1.807, 2.05) is 31.2 Å². The minimum Gasteiger partial charge on any atom is -0.458 e. The van der Waals surface area contributed by atoms with Gasteiger partial charge in [-0.3, -0.25) is 0 Å². The number of hydrogen-bond donors (Lipinski definition) is 0. The van der Waals surface area contributed by atoms with Gasteiger partial charge in [0.2, 0.25) is 11.5 Å². The first-order chi connectivity index (χ1) is 10.3. The number of furan rings is 1. The van der Waals surface area contributed by atoms with E-state index in [1.165, 1.54) is 0 Å². The van der Waals surface area contributed by atoms with Crippen LogP contribution in [0.1, 0.15) is 37.2 Å². The van der Waals surface area contributed by atoms with Crippen molar-refractivity contribution in [2.75, 3.05) is 0 Å². The smallest absolute Gasteiger partial charge is 0.211 e. The number of nitrogens with zero attached hydrogens (tertiary/aromatic N) is 1. The number of para-hydroxylation sites is 2. The van der Waals surface area contributed by atoms with Crippen LogP contribution in [0.25, 0.3) is 0 Å². The third-order valence-electron chi connectivity index (χ3n) is 3.52. The van der Waals surface area contributed by atoms with Crippen LogP contribution < -0.4 is 9.47 Å². The molecule has 2 aromatic rings. The Morgan fingerprint density at radius 3 is 2.43 bits per heavy atom. The quantitative estimate of drug-likeness (QED) is 0.610. The Balaban J connectivity index is 1.73. The zero-order chi connectivity index (χ0) is 14.7. The molecule has 0 atom stereocenters. The molecule has 0 aliphatic carbocycles. The highest BCUT2D eigenvalue weighted by Gasteiger charge is 2.27. The lowest BCUT2D eigenvalue weighted by molar-refractivity contribution is 0.358. The van der Waals surface area contributed by atoms with Crippen molar-refractivity contribution >= 4 is 0 Å². The Labute approximate surface area is 123 Å². The zero-order valence-electron chi connectivity index (χ0n) is 12.0. The van der Waals surface area contributed by atoms with Gasteiger partial charge in [-0.15, -0.1) is 0 Å². The fourth-order valence-corrected chi connectivity index (χ4v) is 2.46. The SMILES string of the molecule is Cc1oc(CCCCCC#N)c2c1Oc1ccccc1O2. The molecule has 1 aromatic heterocycles. The minimum atomic E-state index is 0.613. The second kappa shape index (κ2) is 5.92. The number of aryl methyl sites for hydroxylation is 2. The Morgan fingerprint density at radius 1 is 1.00 bits per heavy atom. The topological polar surface area (TPSA) is 55.4 Å². The molecule has 0 fully saturated rings. The Bertz CT molecular complexity index is 682. The minimum absolute atomic E-state index is 0.613. The molecule has 4 heteroatoms. The van der Waals surface area contributed by atoms with Crippen LogP contribution in [0.3, 0.4) is 0 Å². The molecule has 4 nitrogen and oxygen atoms in total. The van der Waals surface area contributed by atoms with E-state index in [9.17, 15) is 0 Å². The van der Waals surface area contributed by atoms with Crippen molar-refractivity contribution < 1.29 is 13.9 Å². The van der Waals surface area contributed by atoms with Crippen molar-refractivity contribution in [2.24, 2.45) is 0 Å². The highest BCUT2D eigenvalue weighted by molar-refractivity contribution is 5.57. The highest BCUT2D eigenvalue weighted by Crippen LogP contribution is 2.50. The number of rotatable bonds is 5. The summed E-state index contributed by atoms with van der Waals surface area (Å²) in [6.07, 6.45) is 4.33. The maximum Gasteiger partial charge on any atom is 0.211 e. The molecule has 0 bridgehead atoms. The molecule has 1 aromatic carbocycles. The van der Waals surface area contributed by atoms with Gasteiger partial charge in [0.05, 0.1) is 6.07 Å². The van der Waals surface area contributed by atoms with Crippen LogP contribution in [0.15, 0.2) is 28.7 Å². The van der Waals surface area contributed by atoms with Crippen LogP contribution in [-0.4, -0.2) is 0 Å². The molecule has 0 amide bonds. The van der Waals surface area contributed by atoms with E-state index in [0.29, 0.717) is 17.9 Å². The summed E-state index contributed by atoms with van der Waals surface area (Å²) in [6, 6.07) is 9.76. The first-order valence-electron chi connectivity index (χ1n) is 7.23. The maximum absolute atomic E-state index is 8.53. The lowest BCUT2D eigenvalue weighted by Crippen LogP contribution is -1.98. The van der Waals surface area contributed by atoms with Crippen LogP contribution in [0.5, 0.6) is 23.0 Å². The summed E-state index contributed by atoms with van der Waals surface area (Å²) in [5.41, 5.74) is 0. The van der Waals surface area contributed by atoms with E-state index in [-0.39, 0.29) is 0 Å². The first-order valence-corrected chi connectivity index (χ1v) is 7.23. The molecular weight excluding hydrogens is 266 g/mol. The molecule has 3 rings (SSSR count). The molecular formula is C17H17NO3. The molecule has 2 heterocycles. The van der Waals surface area contributed by atoms with E-state index >= 15 is 0 Å². The van der Waals surface area contributed by atoms with E-state index in [2.05, 4.69) is 6.07 Å². The predicted molar refractivity (Wildman–Crippen MR) is 77.8 cm³/mol. The van der Waals surface area contributed by atoms with E-state index in [0.717, 1.165) is 48.7 Å². The molecule has 0 N–H and O–H groups in total. The first kappa shape index (κ1) is 13.6.